The van der Waals surface area contributed by atoms with Crippen molar-refractivity contribution in [1.29, 1.82) is 0 Å². The molecule has 0 saturated heterocycles. The molecule has 0 aliphatic heterocycles. The zero-order valence-electron chi connectivity index (χ0n) is 11.6. The van der Waals surface area contributed by atoms with Gasteiger partial charge in [-0.1, -0.05) is 12.1 Å². The second-order valence-electron chi connectivity index (χ2n) is 5.37. The Morgan fingerprint density at radius 1 is 1.33 bits per heavy atom. The number of anilines is 1. The summed E-state index contributed by atoms with van der Waals surface area (Å²) in [6.45, 7) is 0. The van der Waals surface area contributed by atoms with Crippen molar-refractivity contribution in [1.82, 2.24) is 4.72 Å². The Labute approximate surface area is 129 Å². The van der Waals surface area contributed by atoms with Crippen molar-refractivity contribution in [2.75, 3.05) is 5.73 Å². The van der Waals surface area contributed by atoms with Crippen LogP contribution in [0.5, 0.6) is 0 Å². The fourth-order valence-corrected chi connectivity index (χ4v) is 5.14. The first-order chi connectivity index (χ1) is 10.0. The van der Waals surface area contributed by atoms with E-state index in [4.69, 9.17) is 5.73 Å². The van der Waals surface area contributed by atoms with Gasteiger partial charge in [0.05, 0.1) is 5.75 Å². The van der Waals surface area contributed by atoms with Crippen LogP contribution < -0.4 is 10.5 Å². The Bertz CT molecular complexity index is 738. The molecule has 1 aromatic carbocycles. The number of hydrogen-bond acceptors (Lipinski definition) is 4. The molecule has 1 atom stereocenters. The van der Waals surface area contributed by atoms with E-state index in [0.717, 1.165) is 24.8 Å². The second-order valence-corrected chi connectivity index (χ2v) is 8.12. The van der Waals surface area contributed by atoms with Gasteiger partial charge >= 0.3 is 0 Å². The first-order valence-electron chi connectivity index (χ1n) is 6.94. The van der Waals surface area contributed by atoms with Crippen molar-refractivity contribution >= 4 is 27.0 Å². The highest BCUT2D eigenvalue weighted by Crippen LogP contribution is 2.33. The summed E-state index contributed by atoms with van der Waals surface area (Å²) in [4.78, 5) is 1.30. The number of rotatable bonds is 4. The highest BCUT2D eigenvalue weighted by Gasteiger charge is 2.25. The third-order valence-corrected chi connectivity index (χ3v) is 6.03. The van der Waals surface area contributed by atoms with Gasteiger partial charge in [0.2, 0.25) is 10.0 Å². The average molecular weight is 322 g/mol. The van der Waals surface area contributed by atoms with Crippen LogP contribution >= 0.6 is 11.3 Å². The van der Waals surface area contributed by atoms with Gasteiger partial charge in [-0.15, -0.1) is 11.3 Å². The molecule has 112 valence electrons. The number of aryl methyl sites for hydroxylation is 1. The lowest BCUT2D eigenvalue weighted by Crippen LogP contribution is -2.31. The molecular weight excluding hydrogens is 304 g/mol. The zero-order valence-corrected chi connectivity index (χ0v) is 13.2. The largest absolute Gasteiger partial charge is 0.399 e. The van der Waals surface area contributed by atoms with E-state index in [-0.39, 0.29) is 11.8 Å². The number of thiophene rings is 1. The number of nitrogens with one attached hydrogen (secondary N) is 1. The molecule has 6 heteroatoms. The van der Waals surface area contributed by atoms with Crippen LogP contribution in [-0.4, -0.2) is 8.42 Å². The minimum atomic E-state index is -3.37. The van der Waals surface area contributed by atoms with Crippen LogP contribution in [0.15, 0.2) is 35.7 Å². The lowest BCUT2D eigenvalue weighted by molar-refractivity contribution is 0.511. The molecule has 1 heterocycles. The smallest absolute Gasteiger partial charge is 0.216 e. The molecule has 0 bridgehead atoms. The van der Waals surface area contributed by atoms with Gasteiger partial charge in [0, 0.05) is 16.6 Å². The van der Waals surface area contributed by atoms with E-state index in [1.165, 1.54) is 4.88 Å². The van der Waals surface area contributed by atoms with Gasteiger partial charge in [-0.25, -0.2) is 13.1 Å². The van der Waals surface area contributed by atoms with E-state index >= 15 is 0 Å². The summed E-state index contributed by atoms with van der Waals surface area (Å²) in [5.74, 6) is -0.0337. The van der Waals surface area contributed by atoms with Crippen LogP contribution in [0.2, 0.25) is 0 Å². The lowest BCUT2D eigenvalue weighted by atomic mass is 9.95. The number of nitrogen functional groups attached to an aromatic ring is 1. The molecule has 4 nitrogen and oxygen atoms in total. The predicted octanol–water partition coefficient (Wildman–Crippen LogP) is 2.83. The molecule has 0 saturated carbocycles. The van der Waals surface area contributed by atoms with Crippen molar-refractivity contribution in [2.24, 2.45) is 0 Å². The third-order valence-electron chi connectivity index (χ3n) is 3.68. The summed E-state index contributed by atoms with van der Waals surface area (Å²) in [6.07, 6.45) is 2.94. The van der Waals surface area contributed by atoms with Gasteiger partial charge in [-0.05, 0) is 54.0 Å². The quantitative estimate of drug-likeness (QED) is 0.850. The van der Waals surface area contributed by atoms with E-state index in [9.17, 15) is 8.42 Å². The molecule has 1 aliphatic rings. The molecule has 0 spiro atoms. The van der Waals surface area contributed by atoms with Crippen LogP contribution in [0.25, 0.3) is 0 Å². The zero-order chi connectivity index (χ0) is 14.9. The van der Waals surface area contributed by atoms with Gasteiger partial charge in [-0.2, -0.15) is 0 Å². The van der Waals surface area contributed by atoms with Crippen molar-refractivity contribution in [3.8, 4) is 0 Å². The Balaban J connectivity index is 1.76. The van der Waals surface area contributed by atoms with Crippen molar-refractivity contribution in [3.63, 3.8) is 0 Å². The van der Waals surface area contributed by atoms with Gasteiger partial charge in [0.25, 0.3) is 0 Å². The molecule has 21 heavy (non-hydrogen) atoms. The summed E-state index contributed by atoms with van der Waals surface area (Å²) in [5, 5.41) is 2.04. The van der Waals surface area contributed by atoms with E-state index < -0.39 is 10.0 Å². The van der Waals surface area contributed by atoms with E-state index in [2.05, 4.69) is 4.72 Å². The highest BCUT2D eigenvalue weighted by atomic mass is 32.2. The van der Waals surface area contributed by atoms with Crippen molar-refractivity contribution < 1.29 is 8.42 Å². The minimum absolute atomic E-state index is 0.0337. The normalized spacial score (nSPS) is 18.4. The van der Waals surface area contributed by atoms with E-state index in [1.807, 2.05) is 11.4 Å². The highest BCUT2D eigenvalue weighted by molar-refractivity contribution is 7.88. The van der Waals surface area contributed by atoms with E-state index in [0.29, 0.717) is 11.3 Å². The van der Waals surface area contributed by atoms with Gasteiger partial charge < -0.3 is 5.73 Å². The molecule has 1 unspecified atom stereocenters. The maximum Gasteiger partial charge on any atom is 0.216 e. The van der Waals surface area contributed by atoms with Crippen LogP contribution in [0, 0.1) is 0 Å². The molecule has 0 fully saturated rings. The van der Waals surface area contributed by atoms with Gasteiger partial charge in [-0.3, -0.25) is 0 Å². The van der Waals surface area contributed by atoms with Crippen LogP contribution in [0.1, 0.15) is 34.9 Å². The van der Waals surface area contributed by atoms with Crippen molar-refractivity contribution in [2.45, 2.75) is 31.1 Å². The number of nitrogens with two attached hydrogens (primary N) is 1. The maximum atomic E-state index is 12.4. The summed E-state index contributed by atoms with van der Waals surface area (Å²) in [6, 6.07) is 8.96. The lowest BCUT2D eigenvalue weighted by Gasteiger charge is -2.23. The van der Waals surface area contributed by atoms with Gasteiger partial charge in [0.15, 0.2) is 0 Å². The van der Waals surface area contributed by atoms with Crippen molar-refractivity contribution in [3.05, 3.63) is 51.7 Å². The summed E-state index contributed by atoms with van der Waals surface area (Å²) < 4.78 is 27.6. The molecular formula is C15H18N2O2S2. The summed E-state index contributed by atoms with van der Waals surface area (Å²) in [7, 11) is -3.37. The first-order valence-corrected chi connectivity index (χ1v) is 9.47. The third kappa shape index (κ3) is 3.45. The standard InChI is InChI=1S/C15H18N2O2S2/c16-12-4-1-3-11(9-12)10-21(18,19)17-14-5-2-6-15-13(14)7-8-20-15/h1,3-4,7-9,14,17H,2,5-6,10,16H2. The number of sulfonamides is 1. The second kappa shape index (κ2) is 5.79. The molecule has 1 aromatic heterocycles. The molecule has 2 aromatic rings. The molecule has 3 rings (SSSR count). The minimum Gasteiger partial charge on any atom is -0.399 e. The number of hydrogen-bond donors (Lipinski definition) is 2. The monoisotopic (exact) mass is 322 g/mol. The topological polar surface area (TPSA) is 72.2 Å². The summed E-state index contributed by atoms with van der Waals surface area (Å²) in [5.41, 5.74) is 8.13. The Hall–Kier alpha value is -1.37. The Morgan fingerprint density at radius 3 is 3.00 bits per heavy atom. The fraction of sp³-hybridized carbons (Fsp3) is 0.333. The van der Waals surface area contributed by atoms with Gasteiger partial charge in [0.1, 0.15) is 0 Å². The maximum absolute atomic E-state index is 12.4. The SMILES string of the molecule is Nc1cccc(CS(=O)(=O)NC2CCCc3sccc32)c1. The predicted molar refractivity (Wildman–Crippen MR) is 86.6 cm³/mol. The number of benzene rings is 1. The van der Waals surface area contributed by atoms with Crippen LogP contribution in [-0.2, 0) is 22.2 Å². The average Bonchev–Trinajstić information content (AvgIpc) is 2.87. The molecule has 1 aliphatic carbocycles. The Morgan fingerprint density at radius 2 is 2.19 bits per heavy atom. The first kappa shape index (κ1) is 14.6. The fourth-order valence-electron chi connectivity index (χ4n) is 2.77. The number of fused-ring (bicyclic) bond motifs is 1. The molecule has 3 N–H and O–H groups in total. The van der Waals surface area contributed by atoms with Crippen LogP contribution in [0.3, 0.4) is 0 Å². The van der Waals surface area contributed by atoms with Crippen LogP contribution in [0.4, 0.5) is 5.69 Å². The Kier molecular flexibility index (Phi) is 4.01. The molecule has 0 amide bonds. The summed E-state index contributed by atoms with van der Waals surface area (Å²) >= 11 is 1.71. The molecule has 0 radical (unpaired) electrons. The van der Waals surface area contributed by atoms with E-state index in [1.54, 1.807) is 35.6 Å².